The SMILES string of the molecule is O=C(OC(=O)C(F)(F)F)c1ccc(-c2c(/C=C/c3ccc4ccccc4n3)nc3c(N4CCOCC4)ccnn23)cc1. The summed E-state index contributed by atoms with van der Waals surface area (Å²) in [6.07, 6.45) is 0.0297. The lowest BCUT2D eigenvalue weighted by molar-refractivity contribution is -0.193. The maximum Gasteiger partial charge on any atom is 0.491 e. The molecule has 1 aliphatic rings. The molecule has 0 atom stereocenters. The summed E-state index contributed by atoms with van der Waals surface area (Å²) in [7, 11) is 0. The molecule has 1 fully saturated rings. The fourth-order valence-corrected chi connectivity index (χ4v) is 4.69. The summed E-state index contributed by atoms with van der Waals surface area (Å²) in [5.74, 6) is -3.98. The number of para-hydroxylation sites is 1. The fourth-order valence-electron chi connectivity index (χ4n) is 4.69. The second-order valence-corrected chi connectivity index (χ2v) is 9.41. The molecule has 0 saturated carbocycles. The molecule has 3 aromatic heterocycles. The highest BCUT2D eigenvalue weighted by molar-refractivity contribution is 5.98. The third-order valence-electron chi connectivity index (χ3n) is 6.72. The number of benzene rings is 2. The smallest absolute Gasteiger partial charge is 0.383 e. The normalized spacial score (nSPS) is 14.1. The number of nitrogens with zero attached hydrogens (tertiary/aromatic N) is 5. The van der Waals surface area contributed by atoms with Gasteiger partial charge in [-0.2, -0.15) is 18.3 Å². The van der Waals surface area contributed by atoms with Crippen molar-refractivity contribution in [1.29, 1.82) is 0 Å². The summed E-state index contributed by atoms with van der Waals surface area (Å²) in [6.45, 7) is 2.52. The lowest BCUT2D eigenvalue weighted by Gasteiger charge is -2.28. The number of esters is 2. The average molecular weight is 574 g/mol. The minimum Gasteiger partial charge on any atom is -0.383 e. The van der Waals surface area contributed by atoms with Gasteiger partial charge in [0.1, 0.15) is 5.69 Å². The largest absolute Gasteiger partial charge is 0.491 e. The molecule has 0 spiro atoms. The van der Waals surface area contributed by atoms with E-state index < -0.39 is 18.1 Å². The van der Waals surface area contributed by atoms with E-state index in [0.717, 1.165) is 16.6 Å². The summed E-state index contributed by atoms with van der Waals surface area (Å²) >= 11 is 0. The molecule has 6 rings (SSSR count). The summed E-state index contributed by atoms with van der Waals surface area (Å²) in [5, 5.41) is 5.55. The standard InChI is InChI=1S/C30H22F3N5O4/c31-30(32,33)29(40)42-28(39)21-7-5-20(6-8-21)26-24(12-11-22-10-9-19-3-1-2-4-23(19)35-22)36-27-25(13-14-34-38(26)27)37-15-17-41-18-16-37/h1-14H,15-18H2/b12-11+. The van der Waals surface area contributed by atoms with E-state index in [2.05, 4.69) is 14.7 Å². The molecule has 12 heteroatoms. The molecule has 9 nitrogen and oxygen atoms in total. The molecule has 212 valence electrons. The molecule has 0 bridgehead atoms. The summed E-state index contributed by atoms with van der Waals surface area (Å²) in [6, 6.07) is 19.2. The van der Waals surface area contributed by atoms with Crippen molar-refractivity contribution in [3.63, 3.8) is 0 Å². The van der Waals surface area contributed by atoms with E-state index in [1.807, 2.05) is 54.6 Å². The van der Waals surface area contributed by atoms with E-state index in [1.165, 1.54) is 24.3 Å². The number of rotatable bonds is 5. The molecule has 1 aliphatic heterocycles. The first kappa shape index (κ1) is 27.1. The van der Waals surface area contributed by atoms with Crippen LogP contribution in [0.15, 0.2) is 72.9 Å². The number of alkyl halides is 3. The first-order valence-corrected chi connectivity index (χ1v) is 13.0. The van der Waals surface area contributed by atoms with Crippen LogP contribution in [0.3, 0.4) is 0 Å². The van der Waals surface area contributed by atoms with Crippen LogP contribution >= 0.6 is 0 Å². The first-order valence-electron chi connectivity index (χ1n) is 13.0. The van der Waals surface area contributed by atoms with Crippen LogP contribution in [-0.4, -0.2) is 64.0 Å². The highest BCUT2D eigenvalue weighted by atomic mass is 19.4. The maximum atomic E-state index is 12.5. The highest BCUT2D eigenvalue weighted by Crippen LogP contribution is 2.31. The molecule has 0 aliphatic carbocycles. The van der Waals surface area contributed by atoms with Gasteiger partial charge < -0.3 is 14.4 Å². The molecule has 0 unspecified atom stereocenters. The fraction of sp³-hybridized carbons (Fsp3) is 0.167. The van der Waals surface area contributed by atoms with E-state index in [4.69, 9.17) is 14.7 Å². The molecule has 1 saturated heterocycles. The maximum absolute atomic E-state index is 12.5. The minimum atomic E-state index is -5.28. The predicted octanol–water partition coefficient (Wildman–Crippen LogP) is 5.20. The number of anilines is 1. The van der Waals surface area contributed by atoms with Crippen molar-refractivity contribution in [3.05, 3.63) is 89.9 Å². The van der Waals surface area contributed by atoms with Crippen molar-refractivity contribution >= 4 is 46.3 Å². The number of ether oxygens (including phenoxy) is 2. The molecule has 0 radical (unpaired) electrons. The Morgan fingerprint density at radius 2 is 1.67 bits per heavy atom. The van der Waals surface area contributed by atoms with Gasteiger partial charge in [0.15, 0.2) is 5.65 Å². The highest BCUT2D eigenvalue weighted by Gasteiger charge is 2.42. The Balaban J connectivity index is 1.40. The van der Waals surface area contributed by atoms with E-state index in [1.54, 1.807) is 10.7 Å². The molecule has 42 heavy (non-hydrogen) atoms. The number of morpholine rings is 1. The van der Waals surface area contributed by atoms with Crippen molar-refractivity contribution in [2.24, 2.45) is 0 Å². The van der Waals surface area contributed by atoms with Crippen molar-refractivity contribution < 1.29 is 32.2 Å². The van der Waals surface area contributed by atoms with E-state index in [0.29, 0.717) is 54.6 Å². The van der Waals surface area contributed by atoms with Gasteiger partial charge in [0, 0.05) is 24.0 Å². The Kier molecular flexibility index (Phi) is 7.13. The predicted molar refractivity (Wildman–Crippen MR) is 149 cm³/mol. The average Bonchev–Trinajstić information content (AvgIpc) is 3.38. The molecule has 0 amide bonds. The quantitative estimate of drug-likeness (QED) is 0.209. The Bertz CT molecular complexity index is 1830. The van der Waals surface area contributed by atoms with E-state index in [-0.39, 0.29) is 5.56 Å². The Morgan fingerprint density at radius 3 is 2.43 bits per heavy atom. The Morgan fingerprint density at radius 1 is 0.905 bits per heavy atom. The molecular weight excluding hydrogens is 551 g/mol. The van der Waals surface area contributed by atoms with Crippen LogP contribution in [0.4, 0.5) is 18.9 Å². The number of hydrogen-bond acceptors (Lipinski definition) is 8. The zero-order valence-electron chi connectivity index (χ0n) is 21.9. The molecule has 4 heterocycles. The van der Waals surface area contributed by atoms with Gasteiger partial charge in [-0.25, -0.2) is 24.1 Å². The van der Waals surface area contributed by atoms with Gasteiger partial charge in [0.2, 0.25) is 0 Å². The zero-order chi connectivity index (χ0) is 29.3. The number of imidazole rings is 1. The monoisotopic (exact) mass is 573 g/mol. The van der Waals surface area contributed by atoms with E-state index in [9.17, 15) is 22.8 Å². The molecular formula is C30H22F3N5O4. The van der Waals surface area contributed by atoms with Crippen molar-refractivity contribution in [2.75, 3.05) is 31.2 Å². The summed E-state index contributed by atoms with van der Waals surface area (Å²) in [5.41, 5.74) is 4.53. The van der Waals surface area contributed by atoms with Crippen LogP contribution in [0.2, 0.25) is 0 Å². The van der Waals surface area contributed by atoms with Crippen LogP contribution < -0.4 is 4.90 Å². The van der Waals surface area contributed by atoms with Crippen molar-refractivity contribution in [2.45, 2.75) is 6.18 Å². The number of carbonyl (C=O) groups excluding carboxylic acids is 2. The lowest BCUT2D eigenvalue weighted by Crippen LogP contribution is -2.36. The Hall–Kier alpha value is -5.10. The number of aromatic nitrogens is 4. The van der Waals surface area contributed by atoms with Gasteiger partial charge in [-0.05, 0) is 42.5 Å². The third kappa shape index (κ3) is 5.44. The minimum absolute atomic E-state index is 0.218. The van der Waals surface area contributed by atoms with Crippen LogP contribution in [-0.2, 0) is 14.3 Å². The lowest BCUT2D eigenvalue weighted by atomic mass is 10.1. The number of halogens is 3. The molecule has 0 N–H and O–H groups in total. The number of hydrogen-bond donors (Lipinski definition) is 0. The number of fused-ring (bicyclic) bond motifs is 2. The first-order chi connectivity index (χ1) is 20.3. The van der Waals surface area contributed by atoms with Crippen molar-refractivity contribution in [3.8, 4) is 11.3 Å². The van der Waals surface area contributed by atoms with Crippen LogP contribution in [0.1, 0.15) is 21.7 Å². The van der Waals surface area contributed by atoms with Gasteiger partial charge in [-0.3, -0.25) is 0 Å². The molecule has 5 aromatic rings. The Labute approximate surface area is 236 Å². The van der Waals surface area contributed by atoms with Crippen LogP contribution in [0, 0.1) is 0 Å². The second kappa shape index (κ2) is 11.1. The number of carbonyl (C=O) groups is 2. The third-order valence-corrected chi connectivity index (χ3v) is 6.72. The van der Waals surface area contributed by atoms with Gasteiger partial charge in [-0.15, -0.1) is 0 Å². The topological polar surface area (TPSA) is 98.9 Å². The van der Waals surface area contributed by atoms with Crippen LogP contribution in [0.5, 0.6) is 0 Å². The van der Waals surface area contributed by atoms with Gasteiger partial charge >= 0.3 is 18.1 Å². The van der Waals surface area contributed by atoms with E-state index >= 15 is 0 Å². The van der Waals surface area contributed by atoms with Gasteiger partial charge in [0.05, 0.1) is 47.6 Å². The van der Waals surface area contributed by atoms with Crippen molar-refractivity contribution in [1.82, 2.24) is 19.6 Å². The summed E-state index contributed by atoms with van der Waals surface area (Å²) in [4.78, 5) is 35.0. The zero-order valence-corrected chi connectivity index (χ0v) is 21.9. The summed E-state index contributed by atoms with van der Waals surface area (Å²) < 4.78 is 48.8. The van der Waals surface area contributed by atoms with Crippen LogP contribution in [0.25, 0.3) is 40.0 Å². The number of pyridine rings is 1. The second-order valence-electron chi connectivity index (χ2n) is 9.41. The van der Waals surface area contributed by atoms with Gasteiger partial charge in [-0.1, -0.05) is 36.4 Å². The molecule has 2 aromatic carbocycles. The van der Waals surface area contributed by atoms with Gasteiger partial charge in [0.25, 0.3) is 0 Å².